The molecule has 0 saturated carbocycles. The molecule has 0 heterocycles. The maximum absolute atomic E-state index is 6.02. The zero-order chi connectivity index (χ0) is 13.8. The van der Waals surface area contributed by atoms with Crippen LogP contribution < -0.4 is 10.6 Å². The molecule has 2 nitrogen and oxygen atoms in total. The lowest BCUT2D eigenvalue weighted by Gasteiger charge is -2.24. The van der Waals surface area contributed by atoms with E-state index in [4.69, 9.17) is 17.3 Å². The average Bonchev–Trinajstić information content (AvgIpc) is 2.38. The van der Waals surface area contributed by atoms with E-state index in [1.165, 1.54) is 5.56 Å². The molecule has 0 aliphatic heterocycles. The topological polar surface area (TPSA) is 29.3 Å². The van der Waals surface area contributed by atoms with Gasteiger partial charge in [0.05, 0.1) is 0 Å². The molecule has 0 aliphatic rings. The van der Waals surface area contributed by atoms with Gasteiger partial charge in [-0.25, -0.2) is 0 Å². The molecule has 0 bridgehead atoms. The first-order valence-corrected chi connectivity index (χ1v) is 6.76. The molecule has 0 aliphatic carbocycles. The highest BCUT2D eigenvalue weighted by Crippen LogP contribution is 2.25. The van der Waals surface area contributed by atoms with Crippen LogP contribution in [0.25, 0.3) is 0 Å². The predicted molar refractivity (Wildman–Crippen MR) is 82.6 cm³/mol. The first kappa shape index (κ1) is 13.9. The zero-order valence-corrected chi connectivity index (χ0v) is 12.1. The Balaban J connectivity index is 2.23. The van der Waals surface area contributed by atoms with Crippen molar-refractivity contribution >= 4 is 17.3 Å². The van der Waals surface area contributed by atoms with Gasteiger partial charge in [0.15, 0.2) is 0 Å². The van der Waals surface area contributed by atoms with E-state index in [0.717, 1.165) is 22.8 Å². The van der Waals surface area contributed by atoms with E-state index < -0.39 is 0 Å². The molecule has 0 saturated heterocycles. The summed E-state index contributed by atoms with van der Waals surface area (Å²) in [7, 11) is 2.07. The van der Waals surface area contributed by atoms with E-state index in [9.17, 15) is 0 Å². The minimum Gasteiger partial charge on any atom is -0.370 e. The predicted octanol–water partition coefficient (Wildman–Crippen LogP) is 4.00. The van der Waals surface area contributed by atoms with E-state index in [-0.39, 0.29) is 6.04 Å². The van der Waals surface area contributed by atoms with Crippen LogP contribution in [0.15, 0.2) is 48.5 Å². The minimum absolute atomic E-state index is 0.0259. The molecule has 0 amide bonds. The first-order chi connectivity index (χ1) is 9.08. The second kappa shape index (κ2) is 6.09. The van der Waals surface area contributed by atoms with Crippen LogP contribution in [0.5, 0.6) is 0 Å². The molecule has 0 aromatic heterocycles. The quantitative estimate of drug-likeness (QED) is 0.913. The zero-order valence-electron chi connectivity index (χ0n) is 11.3. The van der Waals surface area contributed by atoms with E-state index in [1.807, 2.05) is 37.3 Å². The molecule has 0 fully saturated rings. The van der Waals surface area contributed by atoms with Gasteiger partial charge in [0, 0.05) is 30.3 Å². The van der Waals surface area contributed by atoms with Gasteiger partial charge in [0.1, 0.15) is 0 Å². The summed E-state index contributed by atoms with van der Waals surface area (Å²) in [6.07, 6.45) is 0. The monoisotopic (exact) mass is 274 g/mol. The number of nitrogens with zero attached hydrogens (tertiary/aromatic N) is 1. The van der Waals surface area contributed by atoms with Crippen LogP contribution in [0.4, 0.5) is 5.69 Å². The third-order valence-electron chi connectivity index (χ3n) is 3.15. The molecule has 0 spiro atoms. The van der Waals surface area contributed by atoms with E-state index in [1.54, 1.807) is 0 Å². The molecule has 100 valence electrons. The first-order valence-electron chi connectivity index (χ1n) is 6.38. The highest BCUT2D eigenvalue weighted by Gasteiger charge is 2.10. The lowest BCUT2D eigenvalue weighted by Crippen LogP contribution is -2.20. The molecular formula is C16H19ClN2. The summed E-state index contributed by atoms with van der Waals surface area (Å²) in [5.74, 6) is 0. The van der Waals surface area contributed by atoms with Crippen molar-refractivity contribution < 1.29 is 0 Å². The summed E-state index contributed by atoms with van der Waals surface area (Å²) in [6.45, 7) is 2.82. The van der Waals surface area contributed by atoms with Crippen LogP contribution in [0.1, 0.15) is 24.1 Å². The van der Waals surface area contributed by atoms with Crippen molar-refractivity contribution in [1.29, 1.82) is 0 Å². The largest absolute Gasteiger partial charge is 0.370 e. The van der Waals surface area contributed by atoms with Crippen molar-refractivity contribution in [2.24, 2.45) is 5.73 Å². The van der Waals surface area contributed by atoms with Crippen molar-refractivity contribution in [3.63, 3.8) is 0 Å². The SMILES string of the molecule is C[C@H](N)c1ccccc1N(C)Cc1cccc(Cl)c1. The Bertz CT molecular complexity index is 552. The fraction of sp³-hybridized carbons (Fsp3) is 0.250. The molecule has 1 atom stereocenters. The fourth-order valence-electron chi connectivity index (χ4n) is 2.21. The third-order valence-corrected chi connectivity index (χ3v) is 3.38. The Hall–Kier alpha value is -1.51. The van der Waals surface area contributed by atoms with Crippen molar-refractivity contribution in [2.45, 2.75) is 19.5 Å². The number of hydrogen-bond acceptors (Lipinski definition) is 2. The van der Waals surface area contributed by atoms with Gasteiger partial charge < -0.3 is 10.6 Å². The average molecular weight is 275 g/mol. The maximum atomic E-state index is 6.02. The molecule has 2 aromatic carbocycles. The summed E-state index contributed by atoms with van der Waals surface area (Å²) in [4.78, 5) is 2.20. The van der Waals surface area contributed by atoms with Gasteiger partial charge in [0.2, 0.25) is 0 Å². The van der Waals surface area contributed by atoms with Crippen molar-refractivity contribution in [1.82, 2.24) is 0 Å². The van der Waals surface area contributed by atoms with Crippen LogP contribution in [0, 0.1) is 0 Å². The second-order valence-electron chi connectivity index (χ2n) is 4.83. The van der Waals surface area contributed by atoms with E-state index in [0.29, 0.717) is 0 Å². The minimum atomic E-state index is 0.0259. The van der Waals surface area contributed by atoms with Crippen LogP contribution >= 0.6 is 11.6 Å². The van der Waals surface area contributed by atoms with Crippen LogP contribution in [-0.2, 0) is 6.54 Å². The molecule has 2 N–H and O–H groups in total. The fourth-order valence-corrected chi connectivity index (χ4v) is 2.43. The molecule has 2 rings (SSSR count). The summed E-state index contributed by atoms with van der Waals surface area (Å²) in [6, 6.07) is 16.2. The Kier molecular flexibility index (Phi) is 4.46. The van der Waals surface area contributed by atoms with E-state index in [2.05, 4.69) is 30.1 Å². The Morgan fingerprint density at radius 1 is 1.16 bits per heavy atom. The number of halogens is 1. The number of benzene rings is 2. The summed E-state index contributed by atoms with van der Waals surface area (Å²) < 4.78 is 0. The number of anilines is 1. The van der Waals surface area contributed by atoms with Gasteiger partial charge in [-0.2, -0.15) is 0 Å². The van der Waals surface area contributed by atoms with Crippen molar-refractivity contribution in [3.8, 4) is 0 Å². The van der Waals surface area contributed by atoms with E-state index >= 15 is 0 Å². The number of para-hydroxylation sites is 1. The maximum Gasteiger partial charge on any atom is 0.0426 e. The standard InChI is InChI=1S/C16H19ClN2/c1-12(18)15-8-3-4-9-16(15)19(2)11-13-6-5-7-14(17)10-13/h3-10,12H,11,18H2,1-2H3/t12-/m0/s1. The molecule has 19 heavy (non-hydrogen) atoms. The smallest absolute Gasteiger partial charge is 0.0426 e. The van der Waals surface area contributed by atoms with Crippen LogP contribution in [0.3, 0.4) is 0 Å². The van der Waals surface area contributed by atoms with Gasteiger partial charge >= 0.3 is 0 Å². The Morgan fingerprint density at radius 2 is 1.89 bits per heavy atom. The lowest BCUT2D eigenvalue weighted by atomic mass is 10.1. The summed E-state index contributed by atoms with van der Waals surface area (Å²) >= 11 is 6.02. The van der Waals surface area contributed by atoms with Gasteiger partial charge in [-0.3, -0.25) is 0 Å². The van der Waals surface area contributed by atoms with Gasteiger partial charge in [0.25, 0.3) is 0 Å². The van der Waals surface area contributed by atoms with Crippen LogP contribution in [-0.4, -0.2) is 7.05 Å². The van der Waals surface area contributed by atoms with Crippen molar-refractivity contribution in [3.05, 3.63) is 64.7 Å². The normalized spacial score (nSPS) is 12.2. The lowest BCUT2D eigenvalue weighted by molar-refractivity contribution is 0.801. The molecule has 2 aromatic rings. The summed E-state index contributed by atoms with van der Waals surface area (Å²) in [5, 5.41) is 0.770. The van der Waals surface area contributed by atoms with Crippen molar-refractivity contribution in [2.75, 3.05) is 11.9 Å². The number of hydrogen-bond donors (Lipinski definition) is 1. The molecule has 0 radical (unpaired) electrons. The Labute approximate surface area is 119 Å². The van der Waals surface area contributed by atoms with Gasteiger partial charge in [-0.1, -0.05) is 41.9 Å². The van der Waals surface area contributed by atoms with Crippen LogP contribution in [0.2, 0.25) is 5.02 Å². The van der Waals surface area contributed by atoms with Gasteiger partial charge in [-0.05, 0) is 36.2 Å². The Morgan fingerprint density at radius 3 is 2.58 bits per heavy atom. The second-order valence-corrected chi connectivity index (χ2v) is 5.27. The summed E-state index contributed by atoms with van der Waals surface area (Å²) in [5.41, 5.74) is 9.53. The third kappa shape index (κ3) is 3.49. The number of nitrogens with two attached hydrogens (primary N) is 1. The molecular weight excluding hydrogens is 256 g/mol. The highest BCUT2D eigenvalue weighted by atomic mass is 35.5. The van der Waals surface area contributed by atoms with Gasteiger partial charge in [-0.15, -0.1) is 0 Å². The highest BCUT2D eigenvalue weighted by molar-refractivity contribution is 6.30. The number of rotatable bonds is 4. The molecule has 0 unspecified atom stereocenters. The molecule has 3 heteroatoms.